The van der Waals surface area contributed by atoms with E-state index in [0.29, 0.717) is 13.0 Å². The fraction of sp³-hybridized carbons (Fsp3) is 0.429. The molecule has 0 radical (unpaired) electrons. The van der Waals surface area contributed by atoms with Crippen LogP contribution in [0.25, 0.3) is 0 Å². The molecule has 0 unspecified atom stereocenters. The van der Waals surface area contributed by atoms with Crippen molar-refractivity contribution in [2.24, 2.45) is 5.73 Å². The number of hydrogen-bond acceptors (Lipinski definition) is 3. The first-order chi connectivity index (χ1) is 9.02. The SMILES string of the molecule is CC[C@H](N)C(=O)Nc1ccc2c(c1)CCN2C(C)=O.Cl. The normalized spacial score (nSPS) is 14.2. The van der Waals surface area contributed by atoms with E-state index < -0.39 is 6.04 Å². The molecule has 0 aliphatic carbocycles. The molecule has 1 aromatic rings. The lowest BCUT2D eigenvalue weighted by Gasteiger charge is -2.15. The second-order valence-corrected chi connectivity index (χ2v) is 4.77. The maximum Gasteiger partial charge on any atom is 0.241 e. The molecule has 1 aliphatic rings. The zero-order valence-corrected chi connectivity index (χ0v) is 12.5. The Bertz CT molecular complexity index is 519. The van der Waals surface area contributed by atoms with Crippen LogP contribution in [0.15, 0.2) is 18.2 Å². The molecule has 110 valence electrons. The number of benzene rings is 1. The second-order valence-electron chi connectivity index (χ2n) is 4.77. The monoisotopic (exact) mass is 297 g/mol. The third-order valence-electron chi connectivity index (χ3n) is 3.40. The number of nitrogens with two attached hydrogens (primary N) is 1. The molecule has 2 amide bonds. The molecule has 1 heterocycles. The molecule has 1 aromatic carbocycles. The van der Waals surface area contributed by atoms with Crippen LogP contribution in [-0.2, 0) is 16.0 Å². The average Bonchev–Trinajstić information content (AvgIpc) is 2.80. The lowest BCUT2D eigenvalue weighted by Crippen LogP contribution is -2.34. The number of carbonyl (C=O) groups is 2. The highest BCUT2D eigenvalue weighted by atomic mass is 35.5. The van der Waals surface area contributed by atoms with E-state index in [4.69, 9.17) is 5.73 Å². The molecule has 0 fully saturated rings. The van der Waals surface area contributed by atoms with Gasteiger partial charge in [0.15, 0.2) is 0 Å². The molecule has 0 aromatic heterocycles. The first kappa shape index (κ1) is 16.5. The zero-order chi connectivity index (χ0) is 14.0. The minimum Gasteiger partial charge on any atom is -0.325 e. The number of nitrogens with one attached hydrogen (secondary N) is 1. The van der Waals surface area contributed by atoms with E-state index in [2.05, 4.69) is 5.32 Å². The highest BCUT2D eigenvalue weighted by Gasteiger charge is 2.22. The summed E-state index contributed by atoms with van der Waals surface area (Å²) in [4.78, 5) is 24.9. The molecule has 0 saturated carbocycles. The standard InChI is InChI=1S/C14H19N3O2.ClH/c1-3-12(15)14(19)16-11-4-5-13-10(8-11)6-7-17(13)9(2)18;/h4-5,8,12H,3,6-7,15H2,1-2H3,(H,16,19);1H/t12-;/m0./s1. The van der Waals surface area contributed by atoms with Crippen molar-refractivity contribution in [3.8, 4) is 0 Å². The molecule has 1 aliphatic heterocycles. The number of hydrogen-bond donors (Lipinski definition) is 2. The van der Waals surface area contributed by atoms with E-state index in [-0.39, 0.29) is 24.2 Å². The van der Waals surface area contributed by atoms with Gasteiger partial charge in [0.2, 0.25) is 11.8 Å². The predicted octanol–water partition coefficient (Wildman–Crippen LogP) is 1.69. The molecule has 5 nitrogen and oxygen atoms in total. The van der Waals surface area contributed by atoms with Crippen LogP contribution in [0.4, 0.5) is 11.4 Å². The van der Waals surface area contributed by atoms with Crippen LogP contribution in [0, 0.1) is 0 Å². The smallest absolute Gasteiger partial charge is 0.241 e. The summed E-state index contributed by atoms with van der Waals surface area (Å²) in [5.41, 5.74) is 8.43. The van der Waals surface area contributed by atoms with Crippen LogP contribution in [-0.4, -0.2) is 24.4 Å². The van der Waals surface area contributed by atoms with Gasteiger partial charge in [-0.15, -0.1) is 12.4 Å². The lowest BCUT2D eigenvalue weighted by molar-refractivity contribution is -0.117. The molecule has 6 heteroatoms. The zero-order valence-electron chi connectivity index (χ0n) is 11.7. The molecule has 0 saturated heterocycles. The van der Waals surface area contributed by atoms with Crippen molar-refractivity contribution in [3.63, 3.8) is 0 Å². The van der Waals surface area contributed by atoms with Crippen molar-refractivity contribution in [2.75, 3.05) is 16.8 Å². The number of halogens is 1. The van der Waals surface area contributed by atoms with Gasteiger partial charge in [0.05, 0.1) is 6.04 Å². The highest BCUT2D eigenvalue weighted by Crippen LogP contribution is 2.30. The predicted molar refractivity (Wildman–Crippen MR) is 82.3 cm³/mol. The Hall–Kier alpha value is -1.59. The van der Waals surface area contributed by atoms with Gasteiger partial charge in [0, 0.05) is 24.8 Å². The van der Waals surface area contributed by atoms with E-state index in [1.54, 1.807) is 17.9 Å². The summed E-state index contributed by atoms with van der Waals surface area (Å²) in [5, 5.41) is 2.80. The van der Waals surface area contributed by atoms with Crippen molar-refractivity contribution in [1.82, 2.24) is 0 Å². The number of nitrogens with zero attached hydrogens (tertiary/aromatic N) is 1. The van der Waals surface area contributed by atoms with Gasteiger partial charge in [-0.3, -0.25) is 9.59 Å². The first-order valence-corrected chi connectivity index (χ1v) is 6.50. The Balaban J connectivity index is 0.00000200. The quantitative estimate of drug-likeness (QED) is 0.891. The summed E-state index contributed by atoms with van der Waals surface area (Å²) in [6, 6.07) is 5.11. The molecule has 2 rings (SSSR count). The van der Waals surface area contributed by atoms with Gasteiger partial charge in [0.1, 0.15) is 0 Å². The van der Waals surface area contributed by atoms with E-state index in [0.717, 1.165) is 23.4 Å². The largest absolute Gasteiger partial charge is 0.325 e. The fourth-order valence-corrected chi connectivity index (χ4v) is 2.23. The summed E-state index contributed by atoms with van der Waals surface area (Å²) in [7, 11) is 0. The van der Waals surface area contributed by atoms with Crippen molar-refractivity contribution in [2.45, 2.75) is 32.7 Å². The second kappa shape index (κ2) is 6.72. The summed E-state index contributed by atoms with van der Waals surface area (Å²) in [6.07, 6.45) is 1.42. The number of amides is 2. The minimum absolute atomic E-state index is 0. The van der Waals surface area contributed by atoms with Crippen molar-refractivity contribution in [1.29, 1.82) is 0 Å². The van der Waals surface area contributed by atoms with Gasteiger partial charge >= 0.3 is 0 Å². The van der Waals surface area contributed by atoms with Crippen molar-refractivity contribution in [3.05, 3.63) is 23.8 Å². The Morgan fingerprint density at radius 1 is 1.45 bits per heavy atom. The summed E-state index contributed by atoms with van der Waals surface area (Å²) in [6.45, 7) is 4.14. The van der Waals surface area contributed by atoms with Gasteiger partial charge < -0.3 is 16.0 Å². The maximum atomic E-state index is 11.7. The van der Waals surface area contributed by atoms with E-state index in [1.807, 2.05) is 19.1 Å². The summed E-state index contributed by atoms with van der Waals surface area (Å²) >= 11 is 0. The fourth-order valence-electron chi connectivity index (χ4n) is 2.23. The van der Waals surface area contributed by atoms with Crippen LogP contribution in [0.3, 0.4) is 0 Å². The molecule has 20 heavy (non-hydrogen) atoms. The summed E-state index contributed by atoms with van der Waals surface area (Å²) < 4.78 is 0. The average molecular weight is 298 g/mol. The van der Waals surface area contributed by atoms with Gasteiger partial charge in [-0.25, -0.2) is 0 Å². The van der Waals surface area contributed by atoms with E-state index >= 15 is 0 Å². The summed E-state index contributed by atoms with van der Waals surface area (Å²) in [5.74, 6) is -0.132. The van der Waals surface area contributed by atoms with E-state index in [1.165, 1.54) is 0 Å². The molecular weight excluding hydrogens is 278 g/mol. The number of anilines is 2. The molecule has 1 atom stereocenters. The van der Waals surface area contributed by atoms with Gasteiger partial charge in [-0.05, 0) is 36.6 Å². The Morgan fingerprint density at radius 2 is 2.15 bits per heavy atom. The number of rotatable bonds is 3. The van der Waals surface area contributed by atoms with Crippen LogP contribution in [0.5, 0.6) is 0 Å². The number of carbonyl (C=O) groups excluding carboxylic acids is 2. The maximum absolute atomic E-state index is 11.7. The van der Waals surface area contributed by atoms with Gasteiger partial charge in [-0.1, -0.05) is 6.92 Å². The van der Waals surface area contributed by atoms with Crippen LogP contribution in [0.1, 0.15) is 25.8 Å². The van der Waals surface area contributed by atoms with Gasteiger partial charge in [-0.2, -0.15) is 0 Å². The Morgan fingerprint density at radius 3 is 2.75 bits per heavy atom. The Kier molecular flexibility index (Phi) is 5.53. The minimum atomic E-state index is -0.484. The molecule has 0 spiro atoms. The molecule has 0 bridgehead atoms. The van der Waals surface area contributed by atoms with Gasteiger partial charge in [0.25, 0.3) is 0 Å². The van der Waals surface area contributed by atoms with E-state index in [9.17, 15) is 9.59 Å². The molecule has 3 N–H and O–H groups in total. The van der Waals surface area contributed by atoms with Crippen LogP contribution < -0.4 is 16.0 Å². The molecular formula is C14H20ClN3O2. The van der Waals surface area contributed by atoms with Crippen molar-refractivity contribution >= 4 is 35.6 Å². The first-order valence-electron chi connectivity index (χ1n) is 6.50. The Labute approximate surface area is 124 Å². The number of fused-ring (bicyclic) bond motifs is 1. The van der Waals surface area contributed by atoms with Crippen molar-refractivity contribution < 1.29 is 9.59 Å². The third kappa shape index (κ3) is 3.29. The van der Waals surface area contributed by atoms with Crippen LogP contribution >= 0.6 is 12.4 Å². The topological polar surface area (TPSA) is 75.4 Å². The van der Waals surface area contributed by atoms with Crippen LogP contribution in [0.2, 0.25) is 0 Å². The highest BCUT2D eigenvalue weighted by molar-refractivity contribution is 5.97. The third-order valence-corrected chi connectivity index (χ3v) is 3.40. The lowest BCUT2D eigenvalue weighted by atomic mass is 10.1.